The van der Waals surface area contributed by atoms with Crippen molar-refractivity contribution in [2.24, 2.45) is 0 Å². The third-order valence-corrected chi connectivity index (χ3v) is 4.07. The molecule has 1 heterocycles. The molecule has 0 aliphatic rings. The summed E-state index contributed by atoms with van der Waals surface area (Å²) in [6.45, 7) is 1.75. The van der Waals surface area contributed by atoms with E-state index in [-0.39, 0.29) is 5.76 Å². The molecule has 0 unspecified atom stereocenters. The highest BCUT2D eigenvalue weighted by Crippen LogP contribution is 2.30. The number of furan rings is 1. The molecule has 0 saturated heterocycles. The van der Waals surface area contributed by atoms with Crippen molar-refractivity contribution in [1.29, 1.82) is 0 Å². The molecule has 0 fully saturated rings. The van der Waals surface area contributed by atoms with Gasteiger partial charge in [-0.25, -0.2) is 0 Å². The molecule has 0 spiro atoms. The lowest BCUT2D eigenvalue weighted by Crippen LogP contribution is -2.41. The zero-order chi connectivity index (χ0) is 17.3. The molecule has 2 N–H and O–H groups in total. The van der Waals surface area contributed by atoms with Crippen LogP contribution in [0.5, 0.6) is 0 Å². The van der Waals surface area contributed by atoms with Gasteiger partial charge in [-0.15, -0.1) is 0 Å². The zero-order valence-electron chi connectivity index (χ0n) is 12.5. The van der Waals surface area contributed by atoms with Crippen molar-refractivity contribution in [3.63, 3.8) is 0 Å². The van der Waals surface area contributed by atoms with E-state index in [1.54, 1.807) is 43.3 Å². The first kappa shape index (κ1) is 16.4. The van der Waals surface area contributed by atoms with Crippen LogP contribution in [0.4, 0.5) is 0 Å². The maximum atomic E-state index is 12.3. The van der Waals surface area contributed by atoms with Crippen LogP contribution < -0.4 is 10.9 Å². The Hall–Kier alpha value is -2.50. The first-order valence-electron chi connectivity index (χ1n) is 7.01. The highest BCUT2D eigenvalue weighted by molar-refractivity contribution is 6.35. The second-order valence-corrected chi connectivity index (χ2v) is 5.93. The number of halogens is 2. The molecular weight excluding hydrogens is 351 g/mol. The first-order valence-corrected chi connectivity index (χ1v) is 7.77. The van der Waals surface area contributed by atoms with Crippen LogP contribution in [-0.2, 0) is 0 Å². The fourth-order valence-corrected chi connectivity index (χ4v) is 2.61. The van der Waals surface area contributed by atoms with Gasteiger partial charge in [0.15, 0.2) is 11.3 Å². The minimum absolute atomic E-state index is 0.0921. The number of benzene rings is 2. The van der Waals surface area contributed by atoms with E-state index in [9.17, 15) is 9.59 Å². The van der Waals surface area contributed by atoms with Crippen molar-refractivity contribution in [3.05, 3.63) is 69.4 Å². The molecule has 2 amide bonds. The maximum Gasteiger partial charge on any atom is 0.305 e. The molecule has 0 aliphatic carbocycles. The number of hydrazine groups is 1. The standard InChI is InChI=1S/C17H12Cl2N2O3/c1-9-12-3-2-4-13(19)15(12)24-14(9)17(23)21-20-16(22)10-5-7-11(18)8-6-10/h2-8H,1H3,(H,20,22)(H,21,23). The molecule has 0 bridgehead atoms. The Bertz CT molecular complexity index is 933. The number of nitrogens with one attached hydrogen (secondary N) is 2. The highest BCUT2D eigenvalue weighted by atomic mass is 35.5. The van der Waals surface area contributed by atoms with Crippen LogP contribution in [0.15, 0.2) is 46.9 Å². The first-order chi connectivity index (χ1) is 11.5. The van der Waals surface area contributed by atoms with E-state index in [0.717, 1.165) is 5.39 Å². The molecule has 3 aromatic rings. The summed E-state index contributed by atoms with van der Waals surface area (Å²) in [5.41, 5.74) is 6.10. The monoisotopic (exact) mass is 362 g/mol. The minimum Gasteiger partial charge on any atom is -0.449 e. The maximum absolute atomic E-state index is 12.3. The normalized spacial score (nSPS) is 10.6. The van der Waals surface area contributed by atoms with E-state index < -0.39 is 11.8 Å². The minimum atomic E-state index is -0.568. The van der Waals surface area contributed by atoms with E-state index in [2.05, 4.69) is 10.9 Å². The van der Waals surface area contributed by atoms with Gasteiger partial charge in [0, 0.05) is 21.5 Å². The molecule has 0 aliphatic heterocycles. The average Bonchev–Trinajstić information content (AvgIpc) is 2.92. The molecule has 1 aromatic heterocycles. The summed E-state index contributed by atoms with van der Waals surface area (Å²) in [5.74, 6) is -0.941. The lowest BCUT2D eigenvalue weighted by atomic mass is 10.1. The van der Waals surface area contributed by atoms with Gasteiger partial charge < -0.3 is 4.42 Å². The second kappa shape index (κ2) is 6.55. The molecule has 7 heteroatoms. The van der Waals surface area contributed by atoms with E-state index in [1.165, 1.54) is 0 Å². The topological polar surface area (TPSA) is 71.3 Å². The Morgan fingerprint density at radius 1 is 0.958 bits per heavy atom. The van der Waals surface area contributed by atoms with Crippen LogP contribution in [0.3, 0.4) is 0 Å². The summed E-state index contributed by atoms with van der Waals surface area (Å²) < 4.78 is 5.53. The molecule has 0 atom stereocenters. The summed E-state index contributed by atoms with van der Waals surface area (Å²) in [6.07, 6.45) is 0. The van der Waals surface area contributed by atoms with Gasteiger partial charge >= 0.3 is 5.91 Å². The predicted molar refractivity (Wildman–Crippen MR) is 92.3 cm³/mol. The largest absolute Gasteiger partial charge is 0.449 e. The lowest BCUT2D eigenvalue weighted by Gasteiger charge is -2.06. The highest BCUT2D eigenvalue weighted by Gasteiger charge is 2.19. The van der Waals surface area contributed by atoms with Gasteiger partial charge in [0.25, 0.3) is 5.91 Å². The van der Waals surface area contributed by atoms with E-state index in [0.29, 0.717) is 26.8 Å². The fourth-order valence-electron chi connectivity index (χ4n) is 2.27. The van der Waals surface area contributed by atoms with Crippen LogP contribution in [0.25, 0.3) is 11.0 Å². The number of carbonyl (C=O) groups excluding carboxylic acids is 2. The van der Waals surface area contributed by atoms with Gasteiger partial charge in [-0.2, -0.15) is 0 Å². The molecule has 5 nitrogen and oxygen atoms in total. The van der Waals surface area contributed by atoms with E-state index in [1.807, 2.05) is 6.07 Å². The number of amides is 2. The molecule has 3 rings (SSSR count). The zero-order valence-corrected chi connectivity index (χ0v) is 14.0. The number of carbonyl (C=O) groups is 2. The molecule has 2 aromatic carbocycles. The Kier molecular flexibility index (Phi) is 4.46. The third kappa shape index (κ3) is 3.09. The fraction of sp³-hybridized carbons (Fsp3) is 0.0588. The quantitative estimate of drug-likeness (QED) is 0.673. The molecule has 122 valence electrons. The predicted octanol–water partition coefficient (Wildman–Crippen LogP) is 4.12. The van der Waals surface area contributed by atoms with Crippen molar-refractivity contribution in [2.75, 3.05) is 0 Å². The van der Waals surface area contributed by atoms with Crippen LogP contribution in [0.2, 0.25) is 10.0 Å². The van der Waals surface area contributed by atoms with Crippen LogP contribution in [0.1, 0.15) is 26.5 Å². The van der Waals surface area contributed by atoms with Gasteiger partial charge in [-0.1, -0.05) is 35.3 Å². The third-order valence-electron chi connectivity index (χ3n) is 3.52. The SMILES string of the molecule is Cc1c(C(=O)NNC(=O)c2ccc(Cl)cc2)oc2c(Cl)cccc12. The van der Waals surface area contributed by atoms with Gasteiger partial charge in [0.1, 0.15) is 0 Å². The molecule has 0 saturated carbocycles. The lowest BCUT2D eigenvalue weighted by molar-refractivity contribution is 0.0831. The van der Waals surface area contributed by atoms with E-state index in [4.69, 9.17) is 27.6 Å². The van der Waals surface area contributed by atoms with Gasteiger partial charge in [-0.05, 0) is 37.3 Å². The van der Waals surface area contributed by atoms with E-state index >= 15 is 0 Å². The van der Waals surface area contributed by atoms with Crippen LogP contribution in [0, 0.1) is 6.92 Å². The summed E-state index contributed by atoms with van der Waals surface area (Å²) >= 11 is 11.8. The summed E-state index contributed by atoms with van der Waals surface area (Å²) in [5, 5.41) is 1.68. The number of para-hydroxylation sites is 1. The number of hydrogen-bond acceptors (Lipinski definition) is 3. The van der Waals surface area contributed by atoms with Gasteiger partial charge in [0.05, 0.1) is 5.02 Å². The van der Waals surface area contributed by atoms with Crippen LogP contribution in [-0.4, -0.2) is 11.8 Å². The summed E-state index contributed by atoms with van der Waals surface area (Å²) in [7, 11) is 0. The average molecular weight is 363 g/mol. The summed E-state index contributed by atoms with van der Waals surface area (Å²) in [6, 6.07) is 11.5. The van der Waals surface area contributed by atoms with Crippen LogP contribution >= 0.6 is 23.2 Å². The number of rotatable bonds is 2. The molecular formula is C17H12Cl2N2O3. The van der Waals surface area contributed by atoms with Gasteiger partial charge in [0.2, 0.25) is 0 Å². The summed E-state index contributed by atoms with van der Waals surface area (Å²) in [4.78, 5) is 24.2. The number of hydrogen-bond donors (Lipinski definition) is 2. The Morgan fingerprint density at radius 2 is 1.62 bits per heavy atom. The Balaban J connectivity index is 1.76. The Morgan fingerprint density at radius 3 is 2.29 bits per heavy atom. The Labute approximate surface area is 147 Å². The second-order valence-electron chi connectivity index (χ2n) is 5.09. The van der Waals surface area contributed by atoms with Crippen molar-refractivity contribution >= 4 is 46.0 Å². The number of fused-ring (bicyclic) bond motifs is 1. The smallest absolute Gasteiger partial charge is 0.305 e. The van der Waals surface area contributed by atoms with Crippen molar-refractivity contribution in [1.82, 2.24) is 10.9 Å². The molecule has 24 heavy (non-hydrogen) atoms. The molecule has 0 radical (unpaired) electrons. The number of aryl methyl sites for hydroxylation is 1. The van der Waals surface area contributed by atoms with Crippen molar-refractivity contribution < 1.29 is 14.0 Å². The van der Waals surface area contributed by atoms with Crippen molar-refractivity contribution in [3.8, 4) is 0 Å². The van der Waals surface area contributed by atoms with Gasteiger partial charge in [-0.3, -0.25) is 20.4 Å². The van der Waals surface area contributed by atoms with Crippen molar-refractivity contribution in [2.45, 2.75) is 6.92 Å².